The summed E-state index contributed by atoms with van der Waals surface area (Å²) in [6.45, 7) is 5.14. The number of nitrogens with zero attached hydrogens (tertiary/aromatic N) is 1. The van der Waals surface area contributed by atoms with Gasteiger partial charge in [0.25, 0.3) is 0 Å². The molecular weight excluding hydrogens is 184 g/mol. The Morgan fingerprint density at radius 1 is 1.20 bits per heavy atom. The summed E-state index contributed by atoms with van der Waals surface area (Å²) in [5, 5.41) is 3.76. The molecule has 0 aromatic rings. The van der Waals surface area contributed by atoms with Crippen LogP contribution in [0.2, 0.25) is 0 Å². The van der Waals surface area contributed by atoms with Gasteiger partial charge in [-0.3, -0.25) is 0 Å². The normalized spacial score (nSPS) is 46.2. The molecule has 2 heteroatoms. The predicted molar refractivity (Wildman–Crippen MR) is 62.9 cm³/mol. The van der Waals surface area contributed by atoms with E-state index in [1.165, 1.54) is 51.6 Å². The molecule has 0 amide bonds. The van der Waals surface area contributed by atoms with Gasteiger partial charge in [0.1, 0.15) is 0 Å². The third-order valence-electron chi connectivity index (χ3n) is 4.84. The summed E-state index contributed by atoms with van der Waals surface area (Å²) >= 11 is 0. The van der Waals surface area contributed by atoms with Gasteiger partial charge in [-0.05, 0) is 51.5 Å². The first kappa shape index (κ1) is 10.1. The van der Waals surface area contributed by atoms with Gasteiger partial charge >= 0.3 is 0 Å². The molecule has 0 aliphatic carbocycles. The van der Waals surface area contributed by atoms with E-state index in [1.54, 1.807) is 0 Å². The van der Waals surface area contributed by atoms with Crippen molar-refractivity contribution in [3.05, 3.63) is 0 Å². The molecule has 86 valence electrons. The van der Waals surface area contributed by atoms with Crippen molar-refractivity contribution in [3.63, 3.8) is 0 Å². The average molecular weight is 208 g/mol. The fourth-order valence-corrected chi connectivity index (χ4v) is 3.87. The van der Waals surface area contributed by atoms with Crippen molar-refractivity contribution in [2.75, 3.05) is 13.1 Å². The molecule has 0 radical (unpaired) electrons. The molecule has 4 unspecified atom stereocenters. The summed E-state index contributed by atoms with van der Waals surface area (Å²) in [5.74, 6) is 0.962. The predicted octanol–water partition coefficient (Wildman–Crippen LogP) is 2.00. The van der Waals surface area contributed by atoms with Crippen LogP contribution in [-0.4, -0.2) is 36.1 Å². The average Bonchev–Trinajstić information content (AvgIpc) is 2.83. The maximum atomic E-state index is 3.76. The Morgan fingerprint density at radius 2 is 2.13 bits per heavy atom. The van der Waals surface area contributed by atoms with Crippen molar-refractivity contribution >= 4 is 0 Å². The van der Waals surface area contributed by atoms with E-state index in [1.807, 2.05) is 0 Å². The van der Waals surface area contributed by atoms with Gasteiger partial charge in [-0.15, -0.1) is 0 Å². The van der Waals surface area contributed by atoms with E-state index in [9.17, 15) is 0 Å². The Labute approximate surface area is 93.4 Å². The maximum absolute atomic E-state index is 3.76. The van der Waals surface area contributed by atoms with Crippen LogP contribution in [0.3, 0.4) is 0 Å². The zero-order valence-electron chi connectivity index (χ0n) is 9.91. The highest BCUT2D eigenvalue weighted by atomic mass is 15.2. The summed E-state index contributed by atoms with van der Waals surface area (Å²) in [6.07, 6.45) is 8.64. The lowest BCUT2D eigenvalue weighted by Crippen LogP contribution is -2.43. The smallest absolute Gasteiger partial charge is 0.0111 e. The molecule has 3 aliphatic heterocycles. The van der Waals surface area contributed by atoms with Gasteiger partial charge in [0.05, 0.1) is 0 Å². The third kappa shape index (κ3) is 1.94. The van der Waals surface area contributed by atoms with Crippen LogP contribution < -0.4 is 5.32 Å². The second kappa shape index (κ2) is 4.06. The van der Waals surface area contributed by atoms with Crippen LogP contribution in [-0.2, 0) is 0 Å². The number of hydrogen-bond donors (Lipinski definition) is 1. The van der Waals surface area contributed by atoms with Crippen LogP contribution in [0.15, 0.2) is 0 Å². The molecule has 2 bridgehead atoms. The fourth-order valence-electron chi connectivity index (χ4n) is 3.87. The second-order valence-electron chi connectivity index (χ2n) is 5.88. The van der Waals surface area contributed by atoms with Crippen LogP contribution in [0, 0.1) is 5.92 Å². The first-order valence-corrected chi connectivity index (χ1v) is 6.83. The molecule has 0 aromatic heterocycles. The van der Waals surface area contributed by atoms with Crippen molar-refractivity contribution in [3.8, 4) is 0 Å². The Morgan fingerprint density at radius 3 is 2.80 bits per heavy atom. The van der Waals surface area contributed by atoms with E-state index in [4.69, 9.17) is 0 Å². The van der Waals surface area contributed by atoms with Crippen molar-refractivity contribution < 1.29 is 0 Å². The number of rotatable bonds is 2. The lowest BCUT2D eigenvalue weighted by molar-refractivity contribution is 0.128. The minimum absolute atomic E-state index is 0.845. The molecule has 2 nitrogen and oxygen atoms in total. The van der Waals surface area contributed by atoms with Crippen LogP contribution in [0.1, 0.15) is 45.4 Å². The molecule has 0 saturated carbocycles. The van der Waals surface area contributed by atoms with E-state index in [2.05, 4.69) is 17.1 Å². The number of nitrogens with one attached hydrogen (secondary N) is 1. The largest absolute Gasteiger partial charge is 0.311 e. The highest BCUT2D eigenvalue weighted by molar-refractivity contribution is 4.98. The number of piperidine rings is 1. The third-order valence-corrected chi connectivity index (χ3v) is 4.84. The summed E-state index contributed by atoms with van der Waals surface area (Å²) in [6, 6.07) is 2.59. The van der Waals surface area contributed by atoms with Gasteiger partial charge in [0.15, 0.2) is 0 Å². The van der Waals surface area contributed by atoms with Gasteiger partial charge in [0, 0.05) is 24.7 Å². The molecule has 3 saturated heterocycles. The highest BCUT2D eigenvalue weighted by Crippen LogP contribution is 2.34. The van der Waals surface area contributed by atoms with Gasteiger partial charge in [-0.25, -0.2) is 0 Å². The van der Waals surface area contributed by atoms with Crippen LogP contribution >= 0.6 is 0 Å². The molecule has 3 aliphatic rings. The minimum Gasteiger partial charge on any atom is -0.311 e. The van der Waals surface area contributed by atoms with Crippen LogP contribution in [0.5, 0.6) is 0 Å². The molecule has 3 fully saturated rings. The van der Waals surface area contributed by atoms with Crippen molar-refractivity contribution in [2.24, 2.45) is 5.92 Å². The molecular formula is C13H24N2. The lowest BCUT2D eigenvalue weighted by Gasteiger charge is -2.36. The van der Waals surface area contributed by atoms with Gasteiger partial charge in [0.2, 0.25) is 0 Å². The Balaban J connectivity index is 1.56. The summed E-state index contributed by atoms with van der Waals surface area (Å²) < 4.78 is 0. The number of hydrogen-bond acceptors (Lipinski definition) is 2. The van der Waals surface area contributed by atoms with E-state index in [-0.39, 0.29) is 0 Å². The monoisotopic (exact) mass is 208 g/mol. The van der Waals surface area contributed by atoms with E-state index >= 15 is 0 Å². The maximum Gasteiger partial charge on any atom is 0.0111 e. The quantitative estimate of drug-likeness (QED) is 0.746. The lowest BCUT2D eigenvalue weighted by atomic mass is 9.88. The molecule has 1 N–H and O–H groups in total. The van der Waals surface area contributed by atoms with E-state index in [0.717, 1.165) is 24.0 Å². The SMILES string of the molecule is CC1CCCCN1CC1CC2CCC1N2. The van der Waals surface area contributed by atoms with Crippen LogP contribution in [0.4, 0.5) is 0 Å². The topological polar surface area (TPSA) is 15.3 Å². The standard InChI is InChI=1S/C13H24N2/c1-10-4-2-3-7-15(10)9-11-8-12-5-6-13(11)14-12/h10-14H,2-9H2,1H3. The molecule has 0 aromatic carbocycles. The Bertz CT molecular complexity index is 229. The minimum atomic E-state index is 0.845. The zero-order chi connectivity index (χ0) is 10.3. The summed E-state index contributed by atoms with van der Waals surface area (Å²) in [5.41, 5.74) is 0. The molecule has 3 rings (SSSR count). The molecule has 15 heavy (non-hydrogen) atoms. The molecule has 4 atom stereocenters. The summed E-state index contributed by atoms with van der Waals surface area (Å²) in [7, 11) is 0. The first-order chi connectivity index (χ1) is 7.33. The highest BCUT2D eigenvalue weighted by Gasteiger charge is 2.40. The molecule has 3 heterocycles. The number of fused-ring (bicyclic) bond motifs is 2. The fraction of sp³-hybridized carbons (Fsp3) is 1.00. The van der Waals surface area contributed by atoms with Crippen molar-refractivity contribution in [1.82, 2.24) is 10.2 Å². The van der Waals surface area contributed by atoms with Gasteiger partial charge in [-0.1, -0.05) is 6.42 Å². The van der Waals surface area contributed by atoms with Crippen molar-refractivity contribution in [1.29, 1.82) is 0 Å². The Hall–Kier alpha value is -0.0800. The summed E-state index contributed by atoms with van der Waals surface area (Å²) in [4.78, 5) is 2.75. The second-order valence-corrected chi connectivity index (χ2v) is 5.88. The van der Waals surface area contributed by atoms with E-state index < -0.39 is 0 Å². The van der Waals surface area contributed by atoms with Gasteiger partial charge in [-0.2, -0.15) is 0 Å². The van der Waals surface area contributed by atoms with E-state index in [0.29, 0.717) is 0 Å². The number of likely N-dealkylation sites (tertiary alicyclic amines) is 1. The molecule has 0 spiro atoms. The van der Waals surface area contributed by atoms with Gasteiger partial charge < -0.3 is 10.2 Å². The first-order valence-electron chi connectivity index (χ1n) is 6.83. The van der Waals surface area contributed by atoms with Crippen molar-refractivity contribution in [2.45, 2.75) is 63.6 Å². The van der Waals surface area contributed by atoms with Crippen LogP contribution in [0.25, 0.3) is 0 Å². The Kier molecular flexibility index (Phi) is 2.73. The zero-order valence-corrected chi connectivity index (χ0v) is 9.91.